The molecule has 1 N–H and O–H groups in total. The van der Waals surface area contributed by atoms with Crippen LogP contribution in [0.3, 0.4) is 0 Å². The van der Waals surface area contributed by atoms with E-state index in [2.05, 4.69) is 10.3 Å². The lowest BCUT2D eigenvalue weighted by Gasteiger charge is -2.11. The summed E-state index contributed by atoms with van der Waals surface area (Å²) in [5, 5.41) is 2.70. The lowest BCUT2D eigenvalue weighted by atomic mass is 10.2. The number of aliphatic imine (C=N–C) groups is 1. The average molecular weight is 256 g/mol. The minimum atomic E-state index is -0.180. The zero-order valence-corrected chi connectivity index (χ0v) is 11.8. The van der Waals surface area contributed by atoms with Crippen molar-refractivity contribution in [2.45, 2.75) is 33.6 Å². The van der Waals surface area contributed by atoms with Gasteiger partial charge in [-0.05, 0) is 25.8 Å². The van der Waals surface area contributed by atoms with Crippen LogP contribution in [0.5, 0.6) is 0 Å². The van der Waals surface area contributed by atoms with Crippen molar-refractivity contribution in [3.8, 4) is 0 Å². The number of hydrogen-bond acceptors (Lipinski definition) is 4. The molecule has 0 bridgehead atoms. The molecule has 0 unspecified atom stereocenters. The standard InChI is InChI=1S/C11H18N2O3.C2H6/c1-9-4-3-5-10(12-9)13-11(14)8-16-7-6-15-2;1-2/h5H,3-4,6-8H2,1-2H3,(H,13,14);1-2H3. The summed E-state index contributed by atoms with van der Waals surface area (Å²) in [5.41, 5.74) is 1.04. The summed E-state index contributed by atoms with van der Waals surface area (Å²) < 4.78 is 9.89. The minimum absolute atomic E-state index is 0.0370. The van der Waals surface area contributed by atoms with Crippen LogP contribution in [0, 0.1) is 0 Å². The maximum Gasteiger partial charge on any atom is 0.251 e. The molecule has 5 heteroatoms. The van der Waals surface area contributed by atoms with Gasteiger partial charge in [-0.2, -0.15) is 0 Å². The van der Waals surface area contributed by atoms with Gasteiger partial charge >= 0.3 is 0 Å². The molecule has 0 aromatic rings. The van der Waals surface area contributed by atoms with Gasteiger partial charge in [0.1, 0.15) is 12.4 Å². The van der Waals surface area contributed by atoms with Gasteiger partial charge in [-0.1, -0.05) is 13.8 Å². The Morgan fingerprint density at radius 3 is 2.78 bits per heavy atom. The second kappa shape index (κ2) is 10.9. The van der Waals surface area contributed by atoms with Gasteiger partial charge < -0.3 is 14.8 Å². The third-order valence-electron chi connectivity index (χ3n) is 2.09. The number of carbonyl (C=O) groups is 1. The molecule has 0 atom stereocenters. The highest BCUT2D eigenvalue weighted by atomic mass is 16.5. The van der Waals surface area contributed by atoms with Gasteiger partial charge in [-0.3, -0.25) is 4.79 Å². The summed E-state index contributed by atoms with van der Waals surface area (Å²) in [7, 11) is 1.59. The van der Waals surface area contributed by atoms with Crippen molar-refractivity contribution in [3.05, 3.63) is 11.9 Å². The fourth-order valence-corrected chi connectivity index (χ4v) is 1.29. The Morgan fingerprint density at radius 1 is 1.44 bits per heavy atom. The molecule has 1 aliphatic rings. The molecular formula is C13H24N2O3. The lowest BCUT2D eigenvalue weighted by molar-refractivity contribution is -0.125. The van der Waals surface area contributed by atoms with Crippen LogP contribution >= 0.6 is 0 Å². The van der Waals surface area contributed by atoms with E-state index in [9.17, 15) is 4.79 Å². The number of hydrogen-bond donors (Lipinski definition) is 1. The van der Waals surface area contributed by atoms with Gasteiger partial charge in [-0.25, -0.2) is 4.99 Å². The van der Waals surface area contributed by atoms with E-state index in [1.807, 2.05) is 26.8 Å². The summed E-state index contributed by atoms with van der Waals surface area (Å²) in [6, 6.07) is 0. The molecule has 1 aliphatic heterocycles. The first-order valence-corrected chi connectivity index (χ1v) is 6.33. The molecule has 5 nitrogen and oxygen atoms in total. The van der Waals surface area contributed by atoms with Crippen molar-refractivity contribution in [1.82, 2.24) is 5.32 Å². The molecule has 1 rings (SSSR count). The summed E-state index contributed by atoms with van der Waals surface area (Å²) in [4.78, 5) is 15.6. The van der Waals surface area contributed by atoms with Gasteiger partial charge in [0.15, 0.2) is 0 Å². The van der Waals surface area contributed by atoms with E-state index in [1.165, 1.54) is 0 Å². The predicted octanol–water partition coefficient (Wildman–Crippen LogP) is 1.89. The zero-order valence-electron chi connectivity index (χ0n) is 11.8. The summed E-state index contributed by atoms with van der Waals surface area (Å²) >= 11 is 0. The van der Waals surface area contributed by atoms with Crippen LogP contribution < -0.4 is 5.32 Å². The summed E-state index contributed by atoms with van der Waals surface area (Å²) in [6.45, 7) is 6.90. The molecular weight excluding hydrogens is 232 g/mol. The molecule has 104 valence electrons. The maximum atomic E-state index is 11.4. The van der Waals surface area contributed by atoms with Crippen LogP contribution in [0.1, 0.15) is 33.6 Å². The van der Waals surface area contributed by atoms with E-state index < -0.39 is 0 Å². The first-order chi connectivity index (χ1) is 8.72. The van der Waals surface area contributed by atoms with E-state index in [0.29, 0.717) is 19.0 Å². The minimum Gasteiger partial charge on any atom is -0.382 e. The predicted molar refractivity (Wildman–Crippen MR) is 72.6 cm³/mol. The first-order valence-electron chi connectivity index (χ1n) is 6.33. The number of amides is 1. The number of allylic oxidation sites excluding steroid dienone is 1. The number of carbonyl (C=O) groups excluding carboxylic acids is 1. The lowest BCUT2D eigenvalue weighted by Crippen LogP contribution is -2.28. The fourth-order valence-electron chi connectivity index (χ4n) is 1.29. The van der Waals surface area contributed by atoms with E-state index in [0.717, 1.165) is 18.6 Å². The Balaban J connectivity index is 0.00000137. The first kappa shape index (κ1) is 16.8. The molecule has 0 saturated carbocycles. The Hall–Kier alpha value is -1.20. The number of nitrogens with one attached hydrogen (secondary N) is 1. The van der Waals surface area contributed by atoms with Crippen molar-refractivity contribution in [3.63, 3.8) is 0 Å². The SMILES string of the molecule is CC.COCCOCC(=O)NC1=CCCC(C)=N1. The van der Waals surface area contributed by atoms with Gasteiger partial charge in [0.25, 0.3) is 5.91 Å². The summed E-state index contributed by atoms with van der Waals surface area (Å²) in [6.07, 6.45) is 3.80. The third-order valence-corrected chi connectivity index (χ3v) is 2.09. The van der Waals surface area contributed by atoms with Crippen molar-refractivity contribution < 1.29 is 14.3 Å². The number of methoxy groups -OCH3 is 1. The Morgan fingerprint density at radius 2 is 2.17 bits per heavy atom. The molecule has 1 heterocycles. The second-order valence-electron chi connectivity index (χ2n) is 3.57. The van der Waals surface area contributed by atoms with Crippen LogP contribution in [-0.4, -0.2) is 38.5 Å². The number of nitrogens with zero attached hydrogens (tertiary/aromatic N) is 1. The second-order valence-corrected chi connectivity index (χ2v) is 3.57. The van der Waals surface area contributed by atoms with Crippen LogP contribution in [0.15, 0.2) is 16.9 Å². The van der Waals surface area contributed by atoms with E-state index in [4.69, 9.17) is 9.47 Å². The van der Waals surface area contributed by atoms with Crippen LogP contribution in [0.2, 0.25) is 0 Å². The normalized spacial score (nSPS) is 14.0. The van der Waals surface area contributed by atoms with Crippen molar-refractivity contribution in [2.24, 2.45) is 4.99 Å². The van der Waals surface area contributed by atoms with E-state index >= 15 is 0 Å². The third kappa shape index (κ3) is 7.97. The molecule has 0 spiro atoms. The van der Waals surface area contributed by atoms with Gasteiger partial charge in [0, 0.05) is 12.8 Å². The van der Waals surface area contributed by atoms with Crippen molar-refractivity contribution >= 4 is 11.6 Å². The molecule has 18 heavy (non-hydrogen) atoms. The molecule has 0 aromatic carbocycles. The molecule has 1 amide bonds. The molecule has 0 saturated heterocycles. The smallest absolute Gasteiger partial charge is 0.251 e. The molecule has 0 aliphatic carbocycles. The number of rotatable bonds is 6. The fraction of sp³-hybridized carbons (Fsp3) is 0.692. The maximum absolute atomic E-state index is 11.4. The Kier molecular flexibility index (Phi) is 10.2. The van der Waals surface area contributed by atoms with Crippen LogP contribution in [-0.2, 0) is 14.3 Å². The van der Waals surface area contributed by atoms with Crippen LogP contribution in [0.25, 0.3) is 0 Å². The topological polar surface area (TPSA) is 59.9 Å². The molecule has 0 aromatic heterocycles. The van der Waals surface area contributed by atoms with E-state index in [1.54, 1.807) is 7.11 Å². The highest BCUT2D eigenvalue weighted by molar-refractivity contribution is 5.85. The molecule has 0 radical (unpaired) electrons. The molecule has 0 fully saturated rings. The van der Waals surface area contributed by atoms with Crippen molar-refractivity contribution in [2.75, 3.05) is 26.9 Å². The Bertz CT molecular complexity index is 299. The summed E-state index contributed by atoms with van der Waals surface area (Å²) in [5.74, 6) is 0.449. The van der Waals surface area contributed by atoms with Crippen molar-refractivity contribution in [1.29, 1.82) is 0 Å². The largest absolute Gasteiger partial charge is 0.382 e. The highest BCUT2D eigenvalue weighted by Gasteiger charge is 2.07. The quantitative estimate of drug-likeness (QED) is 0.738. The van der Waals surface area contributed by atoms with Gasteiger partial charge in [0.2, 0.25) is 0 Å². The average Bonchev–Trinajstić information content (AvgIpc) is 2.37. The van der Waals surface area contributed by atoms with Crippen LogP contribution in [0.4, 0.5) is 0 Å². The zero-order chi connectivity index (χ0) is 13.8. The highest BCUT2D eigenvalue weighted by Crippen LogP contribution is 2.07. The van der Waals surface area contributed by atoms with E-state index in [-0.39, 0.29) is 12.5 Å². The monoisotopic (exact) mass is 256 g/mol. The van der Waals surface area contributed by atoms with Gasteiger partial charge in [0.05, 0.1) is 13.2 Å². The van der Waals surface area contributed by atoms with Gasteiger partial charge in [-0.15, -0.1) is 0 Å². The Labute approximate surface area is 109 Å². The number of ether oxygens (including phenoxy) is 2.